The molecule has 0 saturated carbocycles. The fraction of sp³-hybridized carbons (Fsp3) is 0.533. The maximum atomic E-state index is 13.4. The monoisotopic (exact) mass is 900 g/mol. The van der Waals surface area contributed by atoms with E-state index in [9.17, 15) is 48.3 Å². The number of fused-ring (bicyclic) bond motifs is 2. The summed E-state index contributed by atoms with van der Waals surface area (Å²) in [6, 6.07) is 0. The van der Waals surface area contributed by atoms with Gasteiger partial charge in [0.15, 0.2) is 22.3 Å². The maximum absolute atomic E-state index is 13.4. The first-order chi connectivity index (χ1) is 28.9. The lowest BCUT2D eigenvalue weighted by molar-refractivity contribution is -0.0610. The molecular formula is C30H38N12O17P2. The summed E-state index contributed by atoms with van der Waals surface area (Å²) >= 11 is 0. The summed E-state index contributed by atoms with van der Waals surface area (Å²) in [4.78, 5) is 93.8. The number of aryl methyl sites for hydroxylation is 1. The van der Waals surface area contributed by atoms with Crippen LogP contribution in [0.5, 0.6) is 0 Å². The Bertz CT molecular complexity index is 2810. The lowest BCUT2D eigenvalue weighted by atomic mass is 10.2. The highest BCUT2D eigenvalue weighted by Crippen LogP contribution is 2.52. The van der Waals surface area contributed by atoms with Crippen LogP contribution in [0.3, 0.4) is 0 Å². The van der Waals surface area contributed by atoms with Crippen LogP contribution in [0.2, 0.25) is 0 Å². The quantitative estimate of drug-likeness (QED) is 0.0520. The number of ether oxygens (including phenoxy) is 3. The maximum Gasteiger partial charge on any atom is 0.472 e. The number of aromatic nitrogens is 10. The molecule has 31 heteroatoms. The van der Waals surface area contributed by atoms with E-state index in [1.165, 1.54) is 34.9 Å². The summed E-state index contributed by atoms with van der Waals surface area (Å²) in [6.07, 6.45) is -8.02. The minimum atomic E-state index is -5.11. The van der Waals surface area contributed by atoms with Crippen molar-refractivity contribution >= 4 is 49.9 Å². The molecule has 0 spiro atoms. The first-order valence-corrected chi connectivity index (χ1v) is 21.2. The second-order valence-corrected chi connectivity index (χ2v) is 17.0. The Kier molecular flexibility index (Phi) is 11.4. The normalized spacial score (nSPS) is 28.8. The van der Waals surface area contributed by atoms with Crippen LogP contribution < -0.4 is 33.8 Å². The van der Waals surface area contributed by atoms with Crippen molar-refractivity contribution in [3.63, 3.8) is 0 Å². The number of rotatable bonds is 14. The number of anilines is 2. The number of aliphatic hydroxyl groups is 2. The number of nitrogens with one attached hydrogen (secondary N) is 3. The topological polar surface area (TPSA) is 414 Å². The van der Waals surface area contributed by atoms with Crippen LogP contribution in [0.1, 0.15) is 43.5 Å². The van der Waals surface area contributed by atoms with Gasteiger partial charge in [-0.15, -0.1) is 0 Å². The molecule has 61 heavy (non-hydrogen) atoms. The third-order valence-electron chi connectivity index (χ3n) is 10.1. The van der Waals surface area contributed by atoms with E-state index in [0.717, 1.165) is 4.57 Å². The van der Waals surface area contributed by atoms with Gasteiger partial charge < -0.3 is 45.7 Å². The smallest absolute Gasteiger partial charge is 0.394 e. The molecule has 11 N–H and O–H groups in total. The Hall–Kier alpha value is -5.00. The molecule has 0 aromatic carbocycles. The molecule has 0 amide bonds. The predicted octanol–water partition coefficient (Wildman–Crippen LogP) is -2.50. The number of nitrogens with two attached hydrogens (primary N) is 2. The molecule has 3 saturated heterocycles. The van der Waals surface area contributed by atoms with Crippen LogP contribution in [0.15, 0.2) is 38.0 Å². The van der Waals surface area contributed by atoms with E-state index in [1.807, 2.05) is 0 Å². The second-order valence-electron chi connectivity index (χ2n) is 14.2. The van der Waals surface area contributed by atoms with E-state index < -0.39 is 113 Å². The van der Waals surface area contributed by atoms with E-state index in [4.69, 9.17) is 43.8 Å². The Labute approximate surface area is 338 Å². The minimum absolute atomic E-state index is 0.0367. The molecule has 0 aliphatic carbocycles. The predicted molar refractivity (Wildman–Crippen MR) is 201 cm³/mol. The lowest BCUT2D eigenvalue weighted by Crippen LogP contribution is -2.33. The highest BCUT2D eigenvalue weighted by molar-refractivity contribution is 7.47. The molecule has 8 heterocycles. The summed E-state index contributed by atoms with van der Waals surface area (Å²) < 4.78 is 69.2. The van der Waals surface area contributed by atoms with Crippen molar-refractivity contribution in [3.8, 4) is 0 Å². The van der Waals surface area contributed by atoms with Gasteiger partial charge >= 0.3 is 21.3 Å². The SMILES string of the molecule is Cc1cn([C@H]2C[C@H](OP(=O)(O)OC[C@H]3O[C@@H](n4cnc5c(=O)[nH]c(N)nc54)C[C@@H]3O)[C@@H](COP(=O)(O)O[C@H]3C[C@H](n4cnc5c(=O)[nH]c(N)nc54)O[C@@H]3CO)O2)c(=O)[nH]c1=O. The highest BCUT2D eigenvalue weighted by atomic mass is 31.2. The fourth-order valence-electron chi connectivity index (χ4n) is 7.16. The summed E-state index contributed by atoms with van der Waals surface area (Å²) in [5, 5.41) is 20.7. The van der Waals surface area contributed by atoms with E-state index in [0.29, 0.717) is 0 Å². The standard InChI is InChI=1S/C30H38N12O17P2/c1-11-5-40(30(48)39-25(11)45)19-4-14(59-60(49,50)53-7-16-12(44)2-18(56-16)41-9-33-21-23(41)35-28(31)37-26(21)46)17(57-19)8-54-61(51,52)58-13-3-20(55-15(13)6-43)42-10-34-22-24(42)36-29(32)38-27(22)47/h5,9-10,12-20,43-44H,2-4,6-8H2,1H3,(H,49,50)(H,51,52)(H,39,45,48)(H3,31,35,37,46)(H3,32,36,38,47)/t12-,13-,14-,15+,16+,17+,18+,19+,20+/m0/s1. The van der Waals surface area contributed by atoms with Crippen molar-refractivity contribution in [1.82, 2.24) is 48.6 Å². The Balaban J connectivity index is 0.942. The number of aromatic amines is 3. The molecule has 0 radical (unpaired) electrons. The zero-order valence-electron chi connectivity index (χ0n) is 31.4. The van der Waals surface area contributed by atoms with Crippen molar-refractivity contribution in [2.45, 2.75) is 81.5 Å². The van der Waals surface area contributed by atoms with E-state index >= 15 is 0 Å². The largest absolute Gasteiger partial charge is 0.472 e. The minimum Gasteiger partial charge on any atom is -0.394 e. The average Bonchev–Trinajstić information content (AvgIpc) is 4.02. The number of hydrogen-bond acceptors (Lipinski definition) is 21. The van der Waals surface area contributed by atoms with Crippen molar-refractivity contribution in [2.24, 2.45) is 0 Å². The zero-order valence-corrected chi connectivity index (χ0v) is 33.2. The van der Waals surface area contributed by atoms with Gasteiger partial charge in [-0.3, -0.25) is 61.1 Å². The van der Waals surface area contributed by atoms with Gasteiger partial charge in [-0.1, -0.05) is 0 Å². The zero-order chi connectivity index (χ0) is 43.5. The molecule has 330 valence electrons. The number of phosphoric acid groups is 2. The van der Waals surface area contributed by atoms with Gasteiger partial charge in [0.05, 0.1) is 38.6 Å². The fourth-order valence-corrected chi connectivity index (χ4v) is 9.08. The summed E-state index contributed by atoms with van der Waals surface area (Å²) in [6.45, 7) is -0.812. The van der Waals surface area contributed by atoms with Gasteiger partial charge in [0, 0.05) is 31.0 Å². The van der Waals surface area contributed by atoms with Crippen LogP contribution in [-0.4, -0.2) is 125 Å². The van der Waals surface area contributed by atoms with Gasteiger partial charge in [0.2, 0.25) is 11.9 Å². The van der Waals surface area contributed by atoms with Crippen molar-refractivity contribution in [1.29, 1.82) is 0 Å². The van der Waals surface area contributed by atoms with Crippen molar-refractivity contribution in [2.75, 3.05) is 31.3 Å². The van der Waals surface area contributed by atoms with Gasteiger partial charge in [0.25, 0.3) is 16.7 Å². The molecule has 8 rings (SSSR count). The molecule has 0 bridgehead atoms. The van der Waals surface area contributed by atoms with Gasteiger partial charge in [-0.05, 0) is 6.92 Å². The summed E-state index contributed by atoms with van der Waals surface area (Å²) in [5.41, 5.74) is 8.63. The number of H-pyrrole nitrogens is 3. The summed E-state index contributed by atoms with van der Waals surface area (Å²) in [7, 11) is -10.2. The third-order valence-corrected chi connectivity index (χ3v) is 12.1. The number of aliphatic hydroxyl groups excluding tert-OH is 2. The number of phosphoric ester groups is 2. The van der Waals surface area contributed by atoms with Crippen LogP contribution in [-0.2, 0) is 41.4 Å². The molecular weight excluding hydrogens is 862 g/mol. The third kappa shape index (κ3) is 8.73. The molecule has 3 aliphatic heterocycles. The van der Waals surface area contributed by atoms with Crippen LogP contribution in [0.25, 0.3) is 22.3 Å². The first kappa shape index (κ1) is 42.7. The van der Waals surface area contributed by atoms with Crippen molar-refractivity contribution < 1.29 is 61.4 Å². The number of nitrogens with zero attached hydrogens (tertiary/aromatic N) is 7. The molecule has 3 aliphatic rings. The van der Waals surface area contributed by atoms with Crippen LogP contribution in [0.4, 0.5) is 11.9 Å². The van der Waals surface area contributed by atoms with E-state index in [-0.39, 0.29) is 59.1 Å². The van der Waals surface area contributed by atoms with E-state index in [2.05, 4.69) is 34.9 Å². The Morgan fingerprint density at radius 1 is 0.738 bits per heavy atom. The highest BCUT2D eigenvalue weighted by Gasteiger charge is 2.46. The molecule has 5 aromatic rings. The van der Waals surface area contributed by atoms with E-state index in [1.54, 1.807) is 0 Å². The molecule has 2 unspecified atom stereocenters. The molecule has 5 aromatic heterocycles. The molecule has 29 nitrogen and oxygen atoms in total. The molecule has 11 atom stereocenters. The summed E-state index contributed by atoms with van der Waals surface area (Å²) in [5.74, 6) is -0.397. The van der Waals surface area contributed by atoms with Crippen LogP contribution >= 0.6 is 15.6 Å². The number of imidazole rings is 2. The molecule has 3 fully saturated rings. The number of hydrogen-bond donors (Lipinski definition) is 9. The second kappa shape index (κ2) is 16.4. The van der Waals surface area contributed by atoms with Crippen LogP contribution in [0, 0.1) is 6.92 Å². The Morgan fingerprint density at radius 2 is 1.21 bits per heavy atom. The average molecular weight is 901 g/mol. The van der Waals surface area contributed by atoms with Gasteiger partial charge in [0.1, 0.15) is 49.2 Å². The first-order valence-electron chi connectivity index (χ1n) is 18.2. The van der Waals surface area contributed by atoms with Crippen molar-refractivity contribution in [3.05, 3.63) is 66.0 Å². The lowest BCUT2D eigenvalue weighted by Gasteiger charge is -2.24. The number of nitrogen functional groups attached to an aromatic ring is 2. The Morgan fingerprint density at radius 3 is 1.77 bits per heavy atom. The van der Waals surface area contributed by atoms with Gasteiger partial charge in [-0.2, -0.15) is 9.97 Å². The van der Waals surface area contributed by atoms with Gasteiger partial charge in [-0.25, -0.2) is 23.9 Å².